The van der Waals surface area contributed by atoms with Crippen LogP contribution in [0.3, 0.4) is 0 Å². The SMILES string of the molecule is C=CCC(O)(Cl)CCCC. The van der Waals surface area contributed by atoms with Crippen LogP contribution in [0, 0.1) is 0 Å². The number of hydrogen-bond donors (Lipinski definition) is 1. The Morgan fingerprint density at radius 1 is 1.70 bits per heavy atom. The van der Waals surface area contributed by atoms with Gasteiger partial charge in [0.15, 0.2) is 0 Å². The molecule has 0 bridgehead atoms. The molecule has 0 saturated heterocycles. The molecule has 0 heterocycles. The van der Waals surface area contributed by atoms with E-state index in [1.807, 2.05) is 0 Å². The normalized spacial score (nSPS) is 16.3. The Balaban J connectivity index is 3.51. The van der Waals surface area contributed by atoms with E-state index in [0.717, 1.165) is 12.8 Å². The molecule has 1 unspecified atom stereocenters. The predicted octanol–water partition coefficient (Wildman–Crippen LogP) is 2.68. The number of alkyl halides is 1. The molecule has 0 aliphatic rings. The average Bonchev–Trinajstić information content (AvgIpc) is 1.84. The average molecular weight is 163 g/mol. The molecule has 0 aliphatic carbocycles. The highest BCUT2D eigenvalue weighted by Crippen LogP contribution is 2.23. The van der Waals surface area contributed by atoms with Gasteiger partial charge in [0.1, 0.15) is 5.06 Å². The lowest BCUT2D eigenvalue weighted by molar-refractivity contribution is 0.119. The third kappa shape index (κ3) is 4.83. The zero-order valence-electron chi connectivity index (χ0n) is 6.44. The van der Waals surface area contributed by atoms with Crippen molar-refractivity contribution in [3.63, 3.8) is 0 Å². The molecular weight excluding hydrogens is 148 g/mol. The van der Waals surface area contributed by atoms with Gasteiger partial charge >= 0.3 is 0 Å². The Bertz CT molecular complexity index is 99.4. The van der Waals surface area contributed by atoms with Gasteiger partial charge in [-0.25, -0.2) is 0 Å². The first-order valence-electron chi connectivity index (χ1n) is 3.64. The summed E-state index contributed by atoms with van der Waals surface area (Å²) in [7, 11) is 0. The number of aliphatic hydroxyl groups is 1. The minimum Gasteiger partial charge on any atom is -0.375 e. The predicted molar refractivity (Wildman–Crippen MR) is 45.1 cm³/mol. The lowest BCUT2D eigenvalue weighted by atomic mass is 10.1. The maximum Gasteiger partial charge on any atom is 0.142 e. The van der Waals surface area contributed by atoms with Crippen LogP contribution < -0.4 is 0 Å². The fourth-order valence-electron chi connectivity index (χ4n) is 0.771. The number of halogens is 1. The molecule has 0 radical (unpaired) electrons. The summed E-state index contributed by atoms with van der Waals surface area (Å²) in [6.45, 7) is 5.58. The Morgan fingerprint density at radius 2 is 2.30 bits per heavy atom. The summed E-state index contributed by atoms with van der Waals surface area (Å²) in [6, 6.07) is 0. The quantitative estimate of drug-likeness (QED) is 0.487. The second-order valence-corrected chi connectivity index (χ2v) is 3.22. The minimum absolute atomic E-state index is 0.467. The van der Waals surface area contributed by atoms with E-state index in [1.165, 1.54) is 0 Å². The molecule has 0 rings (SSSR count). The summed E-state index contributed by atoms with van der Waals surface area (Å²) < 4.78 is 0. The van der Waals surface area contributed by atoms with Gasteiger partial charge in [0.05, 0.1) is 0 Å². The lowest BCUT2D eigenvalue weighted by Gasteiger charge is -2.17. The van der Waals surface area contributed by atoms with Crippen LogP contribution in [-0.4, -0.2) is 10.2 Å². The molecule has 1 atom stereocenters. The van der Waals surface area contributed by atoms with Gasteiger partial charge in [-0.05, 0) is 12.8 Å². The van der Waals surface area contributed by atoms with Crippen molar-refractivity contribution in [2.75, 3.05) is 0 Å². The lowest BCUT2D eigenvalue weighted by Crippen LogP contribution is -2.18. The Morgan fingerprint density at radius 3 is 2.70 bits per heavy atom. The van der Waals surface area contributed by atoms with Crippen molar-refractivity contribution in [2.24, 2.45) is 0 Å². The second kappa shape index (κ2) is 4.75. The molecular formula is C8H15ClO. The van der Waals surface area contributed by atoms with Crippen molar-refractivity contribution >= 4 is 11.6 Å². The van der Waals surface area contributed by atoms with Gasteiger partial charge in [-0.2, -0.15) is 0 Å². The van der Waals surface area contributed by atoms with Crippen LogP contribution >= 0.6 is 11.6 Å². The molecule has 1 N–H and O–H groups in total. The van der Waals surface area contributed by atoms with Crippen LogP contribution in [0.5, 0.6) is 0 Å². The number of rotatable bonds is 5. The van der Waals surface area contributed by atoms with Gasteiger partial charge in [-0.3, -0.25) is 0 Å². The van der Waals surface area contributed by atoms with Crippen LogP contribution in [0.2, 0.25) is 0 Å². The van der Waals surface area contributed by atoms with E-state index in [0.29, 0.717) is 12.8 Å². The first-order chi connectivity index (χ1) is 4.62. The van der Waals surface area contributed by atoms with E-state index in [9.17, 15) is 5.11 Å². The minimum atomic E-state index is -1.04. The third-order valence-electron chi connectivity index (χ3n) is 1.37. The van der Waals surface area contributed by atoms with Gasteiger partial charge in [0.2, 0.25) is 0 Å². The molecule has 60 valence electrons. The molecule has 10 heavy (non-hydrogen) atoms. The summed E-state index contributed by atoms with van der Waals surface area (Å²) >= 11 is 5.70. The van der Waals surface area contributed by atoms with Crippen LogP contribution in [-0.2, 0) is 0 Å². The molecule has 2 heteroatoms. The first kappa shape index (κ1) is 9.99. The van der Waals surface area contributed by atoms with E-state index >= 15 is 0 Å². The van der Waals surface area contributed by atoms with Crippen LogP contribution in [0.15, 0.2) is 12.7 Å². The molecule has 0 aromatic rings. The van der Waals surface area contributed by atoms with Crippen LogP contribution in [0.25, 0.3) is 0 Å². The van der Waals surface area contributed by atoms with Gasteiger partial charge in [-0.1, -0.05) is 31.0 Å². The summed E-state index contributed by atoms with van der Waals surface area (Å²) in [5.74, 6) is 0. The Labute approximate surface area is 67.7 Å². The van der Waals surface area contributed by atoms with E-state index in [4.69, 9.17) is 11.6 Å². The Kier molecular flexibility index (Phi) is 4.75. The highest BCUT2D eigenvalue weighted by atomic mass is 35.5. The standard InChI is InChI=1S/C8H15ClO/c1-3-5-7-8(9,10)6-4-2/h4,10H,2-3,5-7H2,1H3. The van der Waals surface area contributed by atoms with Crippen molar-refractivity contribution in [3.05, 3.63) is 12.7 Å². The van der Waals surface area contributed by atoms with E-state index in [-0.39, 0.29) is 0 Å². The molecule has 0 fully saturated rings. The first-order valence-corrected chi connectivity index (χ1v) is 4.02. The molecule has 0 aromatic carbocycles. The van der Waals surface area contributed by atoms with Gasteiger partial charge in [-0.15, -0.1) is 6.58 Å². The van der Waals surface area contributed by atoms with Crippen molar-refractivity contribution in [3.8, 4) is 0 Å². The molecule has 0 aromatic heterocycles. The summed E-state index contributed by atoms with van der Waals surface area (Å²) in [4.78, 5) is 0. The summed E-state index contributed by atoms with van der Waals surface area (Å²) in [5, 5.41) is 8.30. The number of unbranched alkanes of at least 4 members (excludes halogenated alkanes) is 1. The highest BCUT2D eigenvalue weighted by molar-refractivity contribution is 6.22. The van der Waals surface area contributed by atoms with Crippen molar-refractivity contribution < 1.29 is 5.11 Å². The zero-order chi connectivity index (χ0) is 8.04. The molecule has 0 amide bonds. The second-order valence-electron chi connectivity index (χ2n) is 2.51. The third-order valence-corrected chi connectivity index (χ3v) is 1.71. The maximum atomic E-state index is 9.34. The van der Waals surface area contributed by atoms with E-state index in [2.05, 4.69) is 13.5 Å². The van der Waals surface area contributed by atoms with E-state index < -0.39 is 5.06 Å². The largest absolute Gasteiger partial charge is 0.375 e. The smallest absolute Gasteiger partial charge is 0.142 e. The van der Waals surface area contributed by atoms with Crippen molar-refractivity contribution in [1.82, 2.24) is 0 Å². The molecule has 0 aliphatic heterocycles. The van der Waals surface area contributed by atoms with Crippen molar-refractivity contribution in [2.45, 2.75) is 37.7 Å². The molecule has 1 nitrogen and oxygen atoms in total. The molecule has 0 saturated carbocycles. The maximum absolute atomic E-state index is 9.34. The van der Waals surface area contributed by atoms with E-state index in [1.54, 1.807) is 6.08 Å². The van der Waals surface area contributed by atoms with Crippen LogP contribution in [0.4, 0.5) is 0 Å². The van der Waals surface area contributed by atoms with Gasteiger partial charge < -0.3 is 5.11 Å². The topological polar surface area (TPSA) is 20.2 Å². The highest BCUT2D eigenvalue weighted by Gasteiger charge is 2.19. The fourth-order valence-corrected chi connectivity index (χ4v) is 1.01. The monoisotopic (exact) mass is 162 g/mol. The Hall–Kier alpha value is -0.0100. The van der Waals surface area contributed by atoms with Gasteiger partial charge in [0, 0.05) is 6.42 Å². The summed E-state index contributed by atoms with van der Waals surface area (Å²) in [6.07, 6.45) is 4.79. The van der Waals surface area contributed by atoms with Crippen LogP contribution in [0.1, 0.15) is 32.6 Å². The number of hydrogen-bond acceptors (Lipinski definition) is 1. The summed E-state index contributed by atoms with van der Waals surface area (Å²) in [5.41, 5.74) is 0. The zero-order valence-corrected chi connectivity index (χ0v) is 7.19. The fraction of sp³-hybridized carbons (Fsp3) is 0.750. The van der Waals surface area contributed by atoms with Gasteiger partial charge in [0.25, 0.3) is 0 Å². The molecule has 0 spiro atoms. The van der Waals surface area contributed by atoms with Crippen molar-refractivity contribution in [1.29, 1.82) is 0 Å².